The predicted molar refractivity (Wildman–Crippen MR) is 129 cm³/mol. The van der Waals surface area contributed by atoms with Crippen molar-refractivity contribution in [2.75, 3.05) is 57.1 Å². The number of anilines is 2. The van der Waals surface area contributed by atoms with Crippen LogP contribution in [0.15, 0.2) is 18.2 Å². The number of aromatic nitrogens is 1. The molecule has 1 aliphatic rings. The number of halogens is 9. The van der Waals surface area contributed by atoms with Crippen LogP contribution in [-0.4, -0.2) is 85.4 Å². The van der Waals surface area contributed by atoms with Crippen LogP contribution in [0.5, 0.6) is 5.75 Å². The number of ether oxygens (including phenoxy) is 1. The van der Waals surface area contributed by atoms with Gasteiger partial charge >= 0.3 is 24.5 Å². The van der Waals surface area contributed by atoms with Crippen LogP contribution in [0.25, 0.3) is 0 Å². The van der Waals surface area contributed by atoms with Gasteiger partial charge in [0.25, 0.3) is 0 Å². The molecule has 2 aromatic rings. The number of aliphatic hydroxyl groups is 1. The summed E-state index contributed by atoms with van der Waals surface area (Å²) in [5, 5.41) is 9.11. The third-order valence-corrected chi connectivity index (χ3v) is 6.09. The maximum atomic E-state index is 14.4. The highest BCUT2D eigenvalue weighted by Gasteiger charge is 2.45. The van der Waals surface area contributed by atoms with Gasteiger partial charge in [0, 0.05) is 33.2 Å². The predicted octanol–water partition coefficient (Wildman–Crippen LogP) is 4.85. The van der Waals surface area contributed by atoms with Gasteiger partial charge in [0.2, 0.25) is 0 Å². The maximum absolute atomic E-state index is 14.4. The quantitative estimate of drug-likeness (QED) is 0.352. The zero-order valence-electron chi connectivity index (χ0n) is 21.4. The van der Waals surface area contributed by atoms with Crippen molar-refractivity contribution in [2.24, 2.45) is 0 Å². The number of rotatable bonds is 7. The van der Waals surface area contributed by atoms with Crippen molar-refractivity contribution in [2.45, 2.75) is 18.5 Å². The van der Waals surface area contributed by atoms with E-state index in [0.717, 1.165) is 18.0 Å². The topological polar surface area (TPSA) is 89.5 Å². The summed E-state index contributed by atoms with van der Waals surface area (Å²) < 4.78 is 116. The van der Waals surface area contributed by atoms with Crippen LogP contribution in [0, 0.1) is 11.6 Å². The molecule has 1 aromatic carbocycles. The number of β-amino-alcohol motifs (C(OH)–C–C–N with tert-alkyl or cyclic N) is 1. The Morgan fingerprint density at radius 1 is 1.12 bits per heavy atom. The lowest BCUT2D eigenvalue weighted by atomic mass is 10.1. The van der Waals surface area contributed by atoms with Gasteiger partial charge in [-0.3, -0.25) is 9.80 Å². The molecule has 3 rings (SSSR count). The van der Waals surface area contributed by atoms with Crippen LogP contribution in [0.2, 0.25) is 5.02 Å². The van der Waals surface area contributed by atoms with E-state index in [-0.39, 0.29) is 24.5 Å². The average Bonchev–Trinajstić information content (AvgIpc) is 3.19. The van der Waals surface area contributed by atoms with Crippen LogP contribution < -0.4 is 14.5 Å². The van der Waals surface area contributed by atoms with E-state index >= 15 is 0 Å². The van der Waals surface area contributed by atoms with Crippen molar-refractivity contribution in [3.63, 3.8) is 0 Å². The minimum Gasteiger partial charge on any atom is -0.405 e. The average molecular weight is 620 g/mol. The summed E-state index contributed by atoms with van der Waals surface area (Å²) in [4.78, 5) is 32.3. The number of amides is 3. The van der Waals surface area contributed by atoms with Crippen LogP contribution in [0.4, 0.5) is 56.2 Å². The molecule has 18 heteroatoms. The van der Waals surface area contributed by atoms with E-state index in [9.17, 15) is 49.8 Å². The second-order valence-electron chi connectivity index (χ2n) is 9.12. The first-order valence-corrected chi connectivity index (χ1v) is 11.9. The lowest BCUT2D eigenvalue weighted by Crippen LogP contribution is -2.41. The fourth-order valence-corrected chi connectivity index (χ4v) is 4.03. The smallest absolute Gasteiger partial charge is 0.405 e. The molecule has 0 bridgehead atoms. The molecule has 226 valence electrons. The van der Waals surface area contributed by atoms with Crippen molar-refractivity contribution in [3.8, 4) is 5.75 Å². The van der Waals surface area contributed by atoms with E-state index in [4.69, 9.17) is 16.3 Å². The normalized spacial score (nSPS) is 15.1. The van der Waals surface area contributed by atoms with Crippen molar-refractivity contribution < 1.29 is 54.6 Å². The van der Waals surface area contributed by atoms with E-state index in [1.54, 1.807) is 19.0 Å². The number of hydrogen-bond donors (Lipinski definition) is 1. The molecule has 0 spiro atoms. The number of likely N-dealkylation sites (N-methyl/N-ethyl adjacent to an activating group) is 1. The van der Waals surface area contributed by atoms with Gasteiger partial charge in [0.15, 0.2) is 17.4 Å². The summed E-state index contributed by atoms with van der Waals surface area (Å²) in [6, 6.07) is -0.153. The molecule has 3 amide bonds. The zero-order valence-corrected chi connectivity index (χ0v) is 22.2. The monoisotopic (exact) mass is 619 g/mol. The van der Waals surface area contributed by atoms with Gasteiger partial charge in [-0.25, -0.2) is 23.4 Å². The lowest BCUT2D eigenvalue weighted by Gasteiger charge is -2.26. The Labute approximate surface area is 232 Å². The number of aliphatic hydroxyl groups excluding tert-OH is 1. The van der Waals surface area contributed by atoms with Crippen molar-refractivity contribution in [3.05, 3.63) is 46.1 Å². The molecular weight excluding hydrogens is 598 g/mol. The van der Waals surface area contributed by atoms with E-state index in [0.29, 0.717) is 11.0 Å². The number of nitrogens with zero attached hydrogens (tertiary/aromatic N) is 5. The Bertz CT molecular complexity index is 1320. The van der Waals surface area contributed by atoms with Crippen molar-refractivity contribution >= 4 is 35.2 Å². The van der Waals surface area contributed by atoms with Gasteiger partial charge < -0.3 is 19.6 Å². The molecule has 1 unspecified atom stereocenters. The number of alkyl halides is 6. The summed E-state index contributed by atoms with van der Waals surface area (Å²) in [5.41, 5.74) is -4.88. The van der Waals surface area contributed by atoms with Crippen LogP contribution in [0.1, 0.15) is 11.3 Å². The van der Waals surface area contributed by atoms with Gasteiger partial charge in [-0.2, -0.15) is 26.3 Å². The highest BCUT2D eigenvalue weighted by molar-refractivity contribution is 6.31. The summed E-state index contributed by atoms with van der Waals surface area (Å²) in [6.07, 6.45) is -13.8. The molecular formula is C23H22ClF8N5O4. The third-order valence-electron chi connectivity index (χ3n) is 5.75. The second-order valence-corrected chi connectivity index (χ2v) is 9.50. The molecule has 41 heavy (non-hydrogen) atoms. The first kappa shape index (κ1) is 32.1. The Kier molecular flexibility index (Phi) is 9.24. The molecule has 1 aliphatic heterocycles. The van der Waals surface area contributed by atoms with E-state index in [1.165, 1.54) is 0 Å². The molecule has 0 radical (unpaired) electrons. The molecule has 1 saturated heterocycles. The number of carbonyl (C=O) groups excluding carboxylic acids is 2. The van der Waals surface area contributed by atoms with Gasteiger partial charge in [-0.15, -0.1) is 0 Å². The SMILES string of the molecule is CN(C)CC(O)CN1CCN(c2nc(C(F)(F)F)cc(C(F)(F)F)c2OC(=O)N(C)c2ccc(F)c(Cl)c2F)C1=O. The van der Waals surface area contributed by atoms with Crippen molar-refractivity contribution in [1.29, 1.82) is 0 Å². The molecule has 0 aliphatic carbocycles. The summed E-state index contributed by atoms with van der Waals surface area (Å²) in [7, 11) is 4.06. The van der Waals surface area contributed by atoms with E-state index in [2.05, 4.69) is 4.98 Å². The largest absolute Gasteiger partial charge is 0.433 e. The molecule has 1 N–H and O–H groups in total. The fourth-order valence-electron chi connectivity index (χ4n) is 3.87. The number of pyridine rings is 1. The van der Waals surface area contributed by atoms with E-state index in [1.807, 2.05) is 0 Å². The minimum atomic E-state index is -5.55. The summed E-state index contributed by atoms with van der Waals surface area (Å²) in [5.74, 6) is -5.55. The first-order valence-electron chi connectivity index (χ1n) is 11.5. The van der Waals surface area contributed by atoms with Crippen LogP contribution in [-0.2, 0) is 12.4 Å². The maximum Gasteiger partial charge on any atom is 0.433 e. The molecule has 9 nitrogen and oxygen atoms in total. The number of carbonyl (C=O) groups is 2. The Hall–Kier alpha value is -3.44. The van der Waals surface area contributed by atoms with Gasteiger partial charge in [0.1, 0.15) is 22.1 Å². The highest BCUT2D eigenvalue weighted by Crippen LogP contribution is 2.45. The number of hydrogen-bond acceptors (Lipinski definition) is 6. The first-order chi connectivity index (χ1) is 18.8. The Morgan fingerprint density at radius 3 is 2.32 bits per heavy atom. The number of urea groups is 1. The van der Waals surface area contributed by atoms with Crippen molar-refractivity contribution in [1.82, 2.24) is 14.8 Å². The molecule has 1 aromatic heterocycles. The third kappa shape index (κ3) is 7.08. The Morgan fingerprint density at radius 2 is 1.76 bits per heavy atom. The fraction of sp³-hybridized carbons (Fsp3) is 0.435. The molecule has 0 saturated carbocycles. The standard InChI is InChI=1S/C23H22ClF8N5O4/c1-34(2)9-11(38)10-36-6-7-37(20(36)39)19-18(12(22(27,28)29)8-15(33-19)23(30,31)32)41-21(40)35(3)14-5-4-13(25)16(24)17(14)26/h4-5,8,11,38H,6-7,9-10H2,1-3H3. The van der Waals surface area contributed by atoms with Crippen LogP contribution >= 0.6 is 11.6 Å². The number of benzene rings is 1. The lowest BCUT2D eigenvalue weighted by molar-refractivity contribution is -0.145. The summed E-state index contributed by atoms with van der Waals surface area (Å²) in [6.45, 7) is -0.944. The Balaban J connectivity index is 2.10. The van der Waals surface area contributed by atoms with Gasteiger partial charge in [-0.1, -0.05) is 11.6 Å². The second kappa shape index (κ2) is 11.8. The summed E-state index contributed by atoms with van der Waals surface area (Å²) >= 11 is 5.48. The highest BCUT2D eigenvalue weighted by atomic mass is 35.5. The molecule has 1 atom stereocenters. The van der Waals surface area contributed by atoms with Gasteiger partial charge in [-0.05, 0) is 32.3 Å². The van der Waals surface area contributed by atoms with Crippen LogP contribution in [0.3, 0.4) is 0 Å². The zero-order chi connectivity index (χ0) is 31.0. The van der Waals surface area contributed by atoms with E-state index < -0.39 is 88.4 Å². The van der Waals surface area contributed by atoms with Gasteiger partial charge in [0.05, 0.1) is 11.8 Å². The minimum absolute atomic E-state index is 0.0863. The molecule has 2 heterocycles. The molecule has 1 fully saturated rings.